The van der Waals surface area contributed by atoms with E-state index in [0.717, 1.165) is 22.5 Å². The van der Waals surface area contributed by atoms with Gasteiger partial charge in [-0.1, -0.05) is 29.8 Å². The Balaban J connectivity index is 1.59. The van der Waals surface area contributed by atoms with Gasteiger partial charge in [-0.2, -0.15) is 0 Å². The van der Waals surface area contributed by atoms with Crippen LogP contribution in [0.15, 0.2) is 30.3 Å². The standard InChI is InChI=1S/C21H27N3O2/c1-15-6-5-7-18(12-15)14-20(25)23-8-10-24(11-9-23)21(26)19-13-16(2)22(4)17(19)3/h5-7,12-13H,8-11,14H2,1-4H3. The molecule has 0 radical (unpaired) electrons. The molecule has 0 aliphatic carbocycles. The second-order valence-electron chi connectivity index (χ2n) is 7.18. The molecule has 1 aliphatic rings. The van der Waals surface area contributed by atoms with Crippen LogP contribution in [-0.2, 0) is 18.3 Å². The maximum absolute atomic E-state index is 12.8. The number of benzene rings is 1. The number of amides is 2. The molecule has 2 aromatic rings. The largest absolute Gasteiger partial charge is 0.351 e. The zero-order chi connectivity index (χ0) is 18.8. The first-order valence-electron chi connectivity index (χ1n) is 9.12. The summed E-state index contributed by atoms with van der Waals surface area (Å²) in [6.45, 7) is 8.39. The summed E-state index contributed by atoms with van der Waals surface area (Å²) in [6.07, 6.45) is 0.423. The minimum atomic E-state index is 0.0667. The van der Waals surface area contributed by atoms with E-state index in [0.29, 0.717) is 32.6 Å². The predicted molar refractivity (Wildman–Crippen MR) is 102 cm³/mol. The van der Waals surface area contributed by atoms with E-state index in [4.69, 9.17) is 0 Å². The van der Waals surface area contributed by atoms with Crippen LogP contribution in [0.3, 0.4) is 0 Å². The number of nitrogens with zero attached hydrogens (tertiary/aromatic N) is 3. The SMILES string of the molecule is Cc1cccc(CC(=O)N2CCN(C(=O)c3cc(C)n(C)c3C)CC2)c1. The number of piperazine rings is 1. The molecule has 0 bridgehead atoms. The summed E-state index contributed by atoms with van der Waals surface area (Å²) < 4.78 is 2.04. The van der Waals surface area contributed by atoms with Gasteiger partial charge in [0.2, 0.25) is 5.91 Å². The molecule has 2 heterocycles. The van der Waals surface area contributed by atoms with E-state index in [1.165, 1.54) is 5.56 Å². The lowest BCUT2D eigenvalue weighted by atomic mass is 10.1. The Kier molecular flexibility index (Phi) is 5.16. The Labute approximate surface area is 155 Å². The maximum atomic E-state index is 12.8. The van der Waals surface area contributed by atoms with Gasteiger partial charge in [-0.25, -0.2) is 0 Å². The third-order valence-corrected chi connectivity index (χ3v) is 5.36. The zero-order valence-electron chi connectivity index (χ0n) is 16.1. The molecule has 1 saturated heterocycles. The van der Waals surface area contributed by atoms with E-state index < -0.39 is 0 Å². The van der Waals surface area contributed by atoms with E-state index >= 15 is 0 Å². The molecular formula is C21H27N3O2. The van der Waals surface area contributed by atoms with Crippen molar-refractivity contribution in [3.05, 3.63) is 58.4 Å². The topological polar surface area (TPSA) is 45.6 Å². The minimum Gasteiger partial charge on any atom is -0.351 e. The first kappa shape index (κ1) is 18.2. The van der Waals surface area contributed by atoms with Gasteiger partial charge in [-0.3, -0.25) is 9.59 Å². The van der Waals surface area contributed by atoms with Crippen molar-refractivity contribution in [2.75, 3.05) is 26.2 Å². The summed E-state index contributed by atoms with van der Waals surface area (Å²) in [4.78, 5) is 29.1. The predicted octanol–water partition coefficient (Wildman–Crippen LogP) is 2.48. The normalized spacial score (nSPS) is 14.6. The molecule has 1 aromatic heterocycles. The highest BCUT2D eigenvalue weighted by Gasteiger charge is 2.26. The van der Waals surface area contributed by atoms with Crippen LogP contribution >= 0.6 is 0 Å². The molecule has 0 unspecified atom stereocenters. The minimum absolute atomic E-state index is 0.0667. The zero-order valence-corrected chi connectivity index (χ0v) is 16.1. The van der Waals surface area contributed by atoms with Crippen molar-refractivity contribution >= 4 is 11.8 Å². The highest BCUT2D eigenvalue weighted by molar-refractivity contribution is 5.96. The molecule has 5 heteroatoms. The first-order valence-corrected chi connectivity index (χ1v) is 9.12. The summed E-state index contributed by atoms with van der Waals surface area (Å²) in [5.74, 6) is 0.200. The Morgan fingerprint density at radius 1 is 0.962 bits per heavy atom. The highest BCUT2D eigenvalue weighted by atomic mass is 16.2. The van der Waals surface area contributed by atoms with Gasteiger partial charge >= 0.3 is 0 Å². The monoisotopic (exact) mass is 353 g/mol. The molecule has 1 aliphatic heterocycles. The van der Waals surface area contributed by atoms with Crippen molar-refractivity contribution in [2.24, 2.45) is 7.05 Å². The van der Waals surface area contributed by atoms with E-state index in [-0.39, 0.29) is 11.8 Å². The molecule has 26 heavy (non-hydrogen) atoms. The molecular weight excluding hydrogens is 326 g/mol. The smallest absolute Gasteiger partial charge is 0.255 e. The number of carbonyl (C=O) groups excluding carboxylic acids is 2. The number of aryl methyl sites for hydroxylation is 2. The van der Waals surface area contributed by atoms with E-state index in [2.05, 4.69) is 6.07 Å². The summed E-state index contributed by atoms with van der Waals surface area (Å²) in [5.41, 5.74) is 5.05. The summed E-state index contributed by atoms with van der Waals surface area (Å²) in [6, 6.07) is 10.0. The second-order valence-corrected chi connectivity index (χ2v) is 7.18. The van der Waals surface area contributed by atoms with Crippen LogP contribution in [-0.4, -0.2) is 52.4 Å². The lowest BCUT2D eigenvalue weighted by Crippen LogP contribution is -2.51. The fourth-order valence-corrected chi connectivity index (χ4v) is 3.51. The molecule has 0 N–H and O–H groups in total. The van der Waals surface area contributed by atoms with Crippen LogP contribution < -0.4 is 0 Å². The number of hydrogen-bond acceptors (Lipinski definition) is 2. The third kappa shape index (κ3) is 3.66. The number of hydrogen-bond donors (Lipinski definition) is 0. The van der Waals surface area contributed by atoms with Crippen LogP contribution in [0.5, 0.6) is 0 Å². The van der Waals surface area contributed by atoms with Crippen LogP contribution in [0.1, 0.15) is 32.9 Å². The molecule has 138 valence electrons. The van der Waals surface area contributed by atoms with E-state index in [1.54, 1.807) is 0 Å². The van der Waals surface area contributed by atoms with Crippen molar-refractivity contribution in [1.82, 2.24) is 14.4 Å². The van der Waals surface area contributed by atoms with Crippen LogP contribution in [0.4, 0.5) is 0 Å². The average molecular weight is 353 g/mol. The van der Waals surface area contributed by atoms with Gasteiger partial charge in [0, 0.05) is 44.6 Å². The van der Waals surface area contributed by atoms with Gasteiger partial charge in [0.05, 0.1) is 12.0 Å². The van der Waals surface area contributed by atoms with Gasteiger partial charge < -0.3 is 14.4 Å². The summed E-state index contributed by atoms with van der Waals surface area (Å²) in [7, 11) is 1.98. The van der Waals surface area contributed by atoms with Gasteiger partial charge in [0.15, 0.2) is 0 Å². The summed E-state index contributed by atoms with van der Waals surface area (Å²) in [5, 5.41) is 0. The quantitative estimate of drug-likeness (QED) is 0.851. The Bertz CT molecular complexity index is 830. The third-order valence-electron chi connectivity index (χ3n) is 5.36. The molecule has 1 aromatic carbocycles. The van der Waals surface area contributed by atoms with Crippen molar-refractivity contribution < 1.29 is 9.59 Å². The molecule has 3 rings (SSSR count). The van der Waals surface area contributed by atoms with Crippen LogP contribution in [0.25, 0.3) is 0 Å². The Morgan fingerprint density at radius 3 is 2.19 bits per heavy atom. The molecule has 0 atom stereocenters. The van der Waals surface area contributed by atoms with Crippen molar-refractivity contribution in [1.29, 1.82) is 0 Å². The molecule has 5 nitrogen and oxygen atoms in total. The number of carbonyl (C=O) groups is 2. The maximum Gasteiger partial charge on any atom is 0.255 e. The lowest BCUT2D eigenvalue weighted by molar-refractivity contribution is -0.131. The number of rotatable bonds is 3. The van der Waals surface area contributed by atoms with Gasteiger partial charge in [-0.15, -0.1) is 0 Å². The lowest BCUT2D eigenvalue weighted by Gasteiger charge is -2.35. The highest BCUT2D eigenvalue weighted by Crippen LogP contribution is 2.17. The summed E-state index contributed by atoms with van der Waals surface area (Å²) >= 11 is 0. The first-order chi connectivity index (χ1) is 12.4. The van der Waals surface area contributed by atoms with Crippen LogP contribution in [0, 0.1) is 20.8 Å². The average Bonchev–Trinajstić information content (AvgIpc) is 2.88. The van der Waals surface area contributed by atoms with Gasteiger partial charge in [0.1, 0.15) is 0 Å². The Hall–Kier alpha value is -2.56. The van der Waals surface area contributed by atoms with Crippen molar-refractivity contribution in [3.63, 3.8) is 0 Å². The Morgan fingerprint density at radius 2 is 1.62 bits per heavy atom. The second kappa shape index (κ2) is 7.36. The van der Waals surface area contributed by atoms with Crippen molar-refractivity contribution in [3.8, 4) is 0 Å². The van der Waals surface area contributed by atoms with Crippen LogP contribution in [0.2, 0.25) is 0 Å². The van der Waals surface area contributed by atoms with E-state index in [1.807, 2.05) is 66.5 Å². The molecule has 0 spiro atoms. The van der Waals surface area contributed by atoms with Gasteiger partial charge in [0.25, 0.3) is 5.91 Å². The number of aromatic nitrogens is 1. The van der Waals surface area contributed by atoms with Crippen molar-refractivity contribution in [2.45, 2.75) is 27.2 Å². The molecule has 2 amide bonds. The van der Waals surface area contributed by atoms with Gasteiger partial charge in [-0.05, 0) is 32.4 Å². The molecule has 1 fully saturated rings. The molecule has 0 saturated carbocycles. The van der Waals surface area contributed by atoms with E-state index in [9.17, 15) is 9.59 Å². The fraction of sp³-hybridized carbons (Fsp3) is 0.429. The fourth-order valence-electron chi connectivity index (χ4n) is 3.51.